The Kier molecular flexibility index (Phi) is 7.81. The molecule has 0 spiro atoms. The summed E-state index contributed by atoms with van der Waals surface area (Å²) < 4.78 is 32.5. The molecule has 1 atom stereocenters. The summed E-state index contributed by atoms with van der Waals surface area (Å²) in [5.74, 6) is -0.364. The zero-order valence-electron chi connectivity index (χ0n) is 19.0. The minimum Gasteiger partial charge on any atom is -0.376 e. The van der Waals surface area contributed by atoms with Gasteiger partial charge in [-0.2, -0.15) is 4.31 Å². The fourth-order valence-electron chi connectivity index (χ4n) is 4.14. The molecule has 0 saturated carbocycles. The number of amides is 2. The number of benzene rings is 2. The minimum absolute atomic E-state index is 0.0153. The predicted octanol–water partition coefficient (Wildman–Crippen LogP) is 1.54. The average Bonchev–Trinajstić information content (AvgIpc) is 3.40. The molecule has 0 bridgehead atoms. The smallest absolute Gasteiger partial charge is 0.253 e. The van der Waals surface area contributed by atoms with E-state index >= 15 is 0 Å². The topological polar surface area (TPSA) is 108 Å². The fraction of sp³-hybridized carbons (Fsp3) is 0.417. The van der Waals surface area contributed by atoms with Crippen LogP contribution < -0.4 is 10.6 Å². The highest BCUT2D eigenvalue weighted by Gasteiger charge is 2.30. The normalized spacial score (nSPS) is 19.1. The Morgan fingerprint density at radius 3 is 2.38 bits per heavy atom. The van der Waals surface area contributed by atoms with Gasteiger partial charge in [-0.15, -0.1) is 0 Å². The first kappa shape index (κ1) is 24.2. The van der Waals surface area contributed by atoms with Crippen molar-refractivity contribution >= 4 is 27.5 Å². The molecule has 182 valence electrons. The zero-order valence-corrected chi connectivity index (χ0v) is 19.8. The summed E-state index contributed by atoms with van der Waals surface area (Å²) in [7, 11) is -3.57. The van der Waals surface area contributed by atoms with E-state index in [0.717, 1.165) is 19.4 Å². The fourth-order valence-corrected chi connectivity index (χ4v) is 5.59. The summed E-state index contributed by atoms with van der Waals surface area (Å²) in [6.07, 6.45) is 2.00. The first-order valence-electron chi connectivity index (χ1n) is 11.5. The number of carbonyl (C=O) groups is 2. The van der Waals surface area contributed by atoms with Gasteiger partial charge in [0.2, 0.25) is 15.9 Å². The molecule has 2 fully saturated rings. The summed E-state index contributed by atoms with van der Waals surface area (Å²) in [5.41, 5.74) is 1.04. The van der Waals surface area contributed by atoms with Gasteiger partial charge in [-0.05, 0) is 37.1 Å². The van der Waals surface area contributed by atoms with Gasteiger partial charge >= 0.3 is 0 Å². The van der Waals surface area contributed by atoms with E-state index in [1.807, 2.05) is 0 Å². The molecule has 0 radical (unpaired) electrons. The molecule has 4 rings (SSSR count). The lowest BCUT2D eigenvalue weighted by Crippen LogP contribution is -2.51. The van der Waals surface area contributed by atoms with E-state index < -0.39 is 10.0 Å². The van der Waals surface area contributed by atoms with E-state index in [1.165, 1.54) is 4.31 Å². The maximum atomic E-state index is 12.8. The Morgan fingerprint density at radius 1 is 0.971 bits per heavy atom. The maximum absolute atomic E-state index is 12.8. The molecule has 2 saturated heterocycles. The van der Waals surface area contributed by atoms with E-state index in [-0.39, 0.29) is 42.4 Å². The van der Waals surface area contributed by atoms with Gasteiger partial charge < -0.3 is 20.3 Å². The Balaban J connectivity index is 1.29. The van der Waals surface area contributed by atoms with E-state index in [2.05, 4.69) is 10.6 Å². The van der Waals surface area contributed by atoms with E-state index in [9.17, 15) is 18.0 Å². The minimum atomic E-state index is -3.57. The summed E-state index contributed by atoms with van der Waals surface area (Å²) in [6.45, 7) is 2.32. The zero-order chi connectivity index (χ0) is 24.0. The Hall–Kier alpha value is -2.95. The summed E-state index contributed by atoms with van der Waals surface area (Å²) in [5, 5.41) is 5.97. The third-order valence-electron chi connectivity index (χ3n) is 6.09. The lowest BCUT2D eigenvalue weighted by molar-refractivity contribution is -0.130. The van der Waals surface area contributed by atoms with Crippen LogP contribution in [0.3, 0.4) is 0 Å². The standard InChI is InChI=1S/C24H30N4O5S/c29-23(27-12-14-28(15-13-27)34(31,32)20-8-2-1-3-9-20)18-25-22-11-5-4-10-21(22)24(30)26-17-19-7-6-16-33-19/h1-5,8-11,19,25H,6-7,12-18H2,(H,26,30)/t19-/m1/s1. The molecule has 0 aliphatic carbocycles. The van der Waals surface area contributed by atoms with Gasteiger partial charge in [0.05, 0.1) is 23.1 Å². The molecule has 2 N–H and O–H groups in total. The molecule has 0 aromatic heterocycles. The van der Waals surface area contributed by atoms with Crippen molar-refractivity contribution in [3.8, 4) is 0 Å². The third kappa shape index (κ3) is 5.75. The van der Waals surface area contributed by atoms with Gasteiger partial charge in [-0.3, -0.25) is 9.59 Å². The molecule has 10 heteroatoms. The van der Waals surface area contributed by atoms with Gasteiger partial charge in [-0.1, -0.05) is 30.3 Å². The highest BCUT2D eigenvalue weighted by molar-refractivity contribution is 7.89. The number of para-hydroxylation sites is 1. The molecule has 34 heavy (non-hydrogen) atoms. The second-order valence-corrected chi connectivity index (χ2v) is 10.3. The number of hydrogen-bond acceptors (Lipinski definition) is 6. The van der Waals surface area contributed by atoms with Crippen LogP contribution in [-0.2, 0) is 19.6 Å². The number of anilines is 1. The molecule has 2 aliphatic heterocycles. The van der Waals surface area contributed by atoms with Crippen molar-refractivity contribution in [2.75, 3.05) is 51.2 Å². The van der Waals surface area contributed by atoms with Gasteiger partial charge in [0, 0.05) is 45.0 Å². The molecule has 9 nitrogen and oxygen atoms in total. The predicted molar refractivity (Wildman–Crippen MR) is 128 cm³/mol. The summed E-state index contributed by atoms with van der Waals surface area (Å²) in [6, 6.07) is 15.4. The number of nitrogens with zero attached hydrogens (tertiary/aromatic N) is 2. The first-order valence-corrected chi connectivity index (χ1v) is 12.9. The number of nitrogens with one attached hydrogen (secondary N) is 2. The van der Waals surface area contributed by atoms with Crippen molar-refractivity contribution in [3.05, 3.63) is 60.2 Å². The molecule has 2 aromatic rings. The van der Waals surface area contributed by atoms with Crippen molar-refractivity contribution < 1.29 is 22.7 Å². The van der Waals surface area contributed by atoms with E-state index in [1.54, 1.807) is 59.5 Å². The van der Waals surface area contributed by atoms with Gasteiger partial charge in [0.1, 0.15) is 0 Å². The van der Waals surface area contributed by atoms with Gasteiger partial charge in [0.25, 0.3) is 5.91 Å². The quantitative estimate of drug-likeness (QED) is 0.586. The molecular weight excluding hydrogens is 456 g/mol. The molecule has 2 aromatic carbocycles. The second kappa shape index (κ2) is 11.0. The van der Waals surface area contributed by atoms with Crippen LogP contribution in [0.5, 0.6) is 0 Å². The Bertz CT molecular complexity index is 1100. The average molecular weight is 487 g/mol. The van der Waals surface area contributed by atoms with Gasteiger partial charge in [-0.25, -0.2) is 8.42 Å². The molecule has 2 heterocycles. The third-order valence-corrected chi connectivity index (χ3v) is 8.00. The number of sulfonamides is 1. The summed E-state index contributed by atoms with van der Waals surface area (Å²) >= 11 is 0. The SMILES string of the molecule is O=C(NC[C@H]1CCCO1)c1ccccc1NCC(=O)N1CCN(S(=O)(=O)c2ccccc2)CC1. The first-order chi connectivity index (χ1) is 16.4. The number of rotatable bonds is 8. The van der Waals surface area contributed by atoms with Crippen LogP contribution in [0, 0.1) is 0 Å². The van der Waals surface area contributed by atoms with Crippen LogP contribution in [-0.4, -0.2) is 81.4 Å². The second-order valence-electron chi connectivity index (χ2n) is 8.34. The lowest BCUT2D eigenvalue weighted by Gasteiger charge is -2.34. The molecule has 0 unspecified atom stereocenters. The van der Waals surface area contributed by atoms with Gasteiger partial charge in [0.15, 0.2) is 0 Å². The van der Waals surface area contributed by atoms with Crippen LogP contribution in [0.4, 0.5) is 5.69 Å². The Morgan fingerprint density at radius 2 is 1.68 bits per heavy atom. The number of carbonyl (C=O) groups excluding carboxylic acids is 2. The van der Waals surface area contributed by atoms with Crippen LogP contribution >= 0.6 is 0 Å². The van der Waals surface area contributed by atoms with Crippen molar-refractivity contribution in [2.45, 2.75) is 23.8 Å². The lowest BCUT2D eigenvalue weighted by atomic mass is 10.1. The highest BCUT2D eigenvalue weighted by Crippen LogP contribution is 2.18. The van der Waals surface area contributed by atoms with E-state index in [0.29, 0.717) is 30.9 Å². The van der Waals surface area contributed by atoms with Crippen LogP contribution in [0.15, 0.2) is 59.5 Å². The number of ether oxygens (including phenoxy) is 1. The van der Waals surface area contributed by atoms with Crippen LogP contribution in [0.1, 0.15) is 23.2 Å². The van der Waals surface area contributed by atoms with Crippen molar-refractivity contribution in [1.82, 2.24) is 14.5 Å². The number of piperazine rings is 1. The highest BCUT2D eigenvalue weighted by atomic mass is 32.2. The van der Waals surface area contributed by atoms with Crippen molar-refractivity contribution in [3.63, 3.8) is 0 Å². The van der Waals surface area contributed by atoms with Crippen molar-refractivity contribution in [1.29, 1.82) is 0 Å². The van der Waals surface area contributed by atoms with E-state index in [4.69, 9.17) is 4.74 Å². The number of hydrogen-bond donors (Lipinski definition) is 2. The Labute approximate surface area is 200 Å². The van der Waals surface area contributed by atoms with Crippen molar-refractivity contribution in [2.24, 2.45) is 0 Å². The van der Waals surface area contributed by atoms with Crippen LogP contribution in [0.2, 0.25) is 0 Å². The molecule has 2 amide bonds. The summed E-state index contributed by atoms with van der Waals surface area (Å²) in [4.78, 5) is 27.3. The molecular formula is C24H30N4O5S. The largest absolute Gasteiger partial charge is 0.376 e. The maximum Gasteiger partial charge on any atom is 0.253 e. The monoisotopic (exact) mass is 486 g/mol. The van der Waals surface area contributed by atoms with Crippen LogP contribution in [0.25, 0.3) is 0 Å². The molecule has 2 aliphatic rings.